The third-order valence-electron chi connectivity index (χ3n) is 33.1. The average Bonchev–Trinajstić information content (AvgIpc) is 1.36. The first-order valence-corrected chi connectivity index (χ1v) is 37.3. The molecule has 8 nitrogen and oxygen atoms in total. The summed E-state index contributed by atoms with van der Waals surface area (Å²) in [4.78, 5) is 37.9. The second-order valence-corrected chi connectivity index (χ2v) is 36.1. The van der Waals surface area contributed by atoms with Crippen molar-refractivity contribution in [1.29, 1.82) is 0 Å². The van der Waals surface area contributed by atoms with Gasteiger partial charge in [-0.25, -0.2) is 9.59 Å². The first kappa shape index (κ1) is 44.9. The first-order chi connectivity index (χ1) is 47.0. The van der Waals surface area contributed by atoms with Gasteiger partial charge in [-0.05, 0) is 333 Å². The van der Waals surface area contributed by atoms with Gasteiger partial charge in [0.2, 0.25) is 0 Å². The lowest BCUT2D eigenvalue weighted by molar-refractivity contribution is -0.887. The van der Waals surface area contributed by atoms with Crippen LogP contribution in [0, 0.1) is 0 Å². The molecule has 0 saturated heterocycles. The SMILES string of the molecule is C[NH+](C)CCC[NH+](C)CC(=O)OC1C=C2CCCCCCC3=CC(OC(=O)C[NH+](C)CCC[NH+](C)C)C45c6c7c8c4c4c9c%10cc%11c%12c%13c%14c%15cc%16c%17c%18c%19c%20c%21c6c6c%22c%23c%24c(c7%22)c7c(c%22c%12c%12c%25c%26c%27c%28c(c6c%21c6c%19c%16c(c%15c%27c%14%12)c%286)C%23%26C(=C%13C%24%22%25)C2%17C%101C4=C%18C3%205)c%11c9c87. The number of allylic oxidation sites excluding steroid dienone is 5. The smallest absolute Gasteiger partial charge is 0.362 e. The van der Waals surface area contributed by atoms with Crippen LogP contribution in [0.25, 0.3) is 200 Å². The molecular formula is C88H56N4O4+4. The van der Waals surface area contributed by atoms with E-state index in [1.807, 2.05) is 0 Å². The van der Waals surface area contributed by atoms with Crippen molar-refractivity contribution < 1.29 is 38.7 Å². The fourth-order valence-corrected chi connectivity index (χ4v) is 32.5. The van der Waals surface area contributed by atoms with Gasteiger partial charge >= 0.3 is 11.9 Å². The maximum absolute atomic E-state index is 16.4. The number of esters is 2. The van der Waals surface area contributed by atoms with Crippen LogP contribution in [-0.2, 0) is 51.6 Å². The summed E-state index contributed by atoms with van der Waals surface area (Å²) in [6, 6.07) is 5.83. The van der Waals surface area contributed by atoms with Crippen LogP contribution < -0.4 is 19.6 Å². The molecule has 0 amide bonds. The van der Waals surface area contributed by atoms with Crippen LogP contribution in [0.15, 0.2) is 41.0 Å². The van der Waals surface area contributed by atoms with Crippen molar-refractivity contribution in [2.45, 2.75) is 96.1 Å². The molecule has 448 valence electrons. The van der Waals surface area contributed by atoms with E-state index in [1.165, 1.54) is 90.5 Å². The quantitative estimate of drug-likeness (QED) is 0.0498. The van der Waals surface area contributed by atoms with Crippen LogP contribution in [0.1, 0.15) is 129 Å². The molecular weight excluding hydrogens is 1180 g/mol. The van der Waals surface area contributed by atoms with Crippen LogP contribution >= 0.6 is 0 Å². The van der Waals surface area contributed by atoms with Gasteiger partial charge < -0.3 is 29.1 Å². The van der Waals surface area contributed by atoms with Gasteiger partial charge in [0.25, 0.3) is 0 Å². The lowest BCUT2D eigenvalue weighted by atomic mass is 9.34. The minimum atomic E-state index is -0.896. The van der Waals surface area contributed by atoms with E-state index >= 15 is 9.59 Å². The maximum Gasteiger partial charge on any atom is 0.362 e. The monoisotopic (exact) mass is 1230 g/mol. The predicted molar refractivity (Wildman–Crippen MR) is 379 cm³/mol. The summed E-state index contributed by atoms with van der Waals surface area (Å²) < 4.78 is 16.2. The second kappa shape index (κ2) is 11.5. The number of benzene rings is 12. The Hall–Kier alpha value is -8.76. The Labute approximate surface area is 543 Å². The molecule has 24 bridgehead atoms. The van der Waals surface area contributed by atoms with Crippen LogP contribution in [0.4, 0.5) is 0 Å². The molecule has 0 radical (unpaired) electrons. The molecule has 4 N–H and O–H groups in total. The minimum absolute atomic E-state index is 0.0577. The van der Waals surface area contributed by atoms with Crippen molar-refractivity contribution in [1.82, 2.24) is 0 Å². The van der Waals surface area contributed by atoms with E-state index in [2.05, 4.69) is 66.6 Å². The van der Waals surface area contributed by atoms with Gasteiger partial charge in [-0.2, -0.15) is 0 Å². The van der Waals surface area contributed by atoms with Crippen molar-refractivity contribution in [3.8, 4) is 0 Å². The molecule has 10 atom stereocenters. The van der Waals surface area contributed by atoms with E-state index < -0.39 is 44.7 Å². The van der Waals surface area contributed by atoms with Crippen molar-refractivity contribution in [2.24, 2.45) is 0 Å². The third kappa shape index (κ3) is 2.93. The fraction of sp³-hybridized carbons (Fsp3) is 0.318. The number of likely N-dealkylation sites (N-methyl/N-ethyl adjacent to an activating group) is 2. The average molecular weight is 1230 g/mol. The normalized spacial score (nSPS) is 31.0. The molecule has 0 saturated carbocycles. The van der Waals surface area contributed by atoms with E-state index in [0.29, 0.717) is 13.1 Å². The largest absolute Gasteiger partial charge is 0.453 e. The third-order valence-corrected chi connectivity index (χ3v) is 33.1. The Morgan fingerprint density at radius 3 is 1.52 bits per heavy atom. The topological polar surface area (TPSA) is 70.4 Å². The summed E-state index contributed by atoms with van der Waals surface area (Å²) in [5.41, 5.74) is 27.9. The Morgan fingerprint density at radius 1 is 0.375 bits per heavy atom. The molecule has 17 aromatic carbocycles. The number of rotatable bonds is 14. The number of hydrogen-bond acceptors (Lipinski definition) is 4. The molecule has 0 aliphatic heterocycles. The number of nitrogens with one attached hydrogen (secondary N) is 4. The zero-order valence-corrected chi connectivity index (χ0v) is 54.0. The van der Waals surface area contributed by atoms with Crippen molar-refractivity contribution in [3.63, 3.8) is 0 Å². The van der Waals surface area contributed by atoms with Crippen molar-refractivity contribution >= 4 is 212 Å². The summed E-state index contributed by atoms with van der Waals surface area (Å²) in [5, 5.41) is 53.4. The number of quaternary nitrogens is 4. The molecule has 10 unspecified atom stereocenters. The molecule has 8 heteroatoms. The highest BCUT2D eigenvalue weighted by atomic mass is 16.5. The van der Waals surface area contributed by atoms with Gasteiger partial charge in [0.05, 0.1) is 101 Å². The molecule has 6 spiro atoms. The predicted octanol–water partition coefficient (Wildman–Crippen LogP) is 10.0. The van der Waals surface area contributed by atoms with Crippen molar-refractivity contribution in [3.05, 3.63) is 119 Å². The minimum Gasteiger partial charge on any atom is -0.453 e. The lowest BCUT2D eigenvalue weighted by Crippen LogP contribution is -3.11. The van der Waals surface area contributed by atoms with Gasteiger partial charge in [-0.1, -0.05) is 24.0 Å². The standard InChI is InChI=1S/C88H52N4O4/c1-89(2)15-11-17-91(5)23-33(93)95-31-20-26-14-10-8-7-9-13-25-19-32(96-34(94)24-92(6)18-12-16-90(3)4)88-73-62-51-56-49-46-45-39-29-21-27-35-41(39)47(46)59-65-43(35)44-36(27)53-38-28-22-30-40-42-37(28)54-50-48(42)60-63(73)52-57(50)75-77(58(51)52)84(71(56)59)78(65)76-64(44)55(38)70(54)83(75,76)81(53)82(84)86(26)69(29)68-66(45)72(61(49)62)85(25,88)79(68)80(87(30,31)86)67(40)74(60)88/h19-22,31-32H,7-18,23-24H2,1-6H3/p+4. The van der Waals surface area contributed by atoms with Gasteiger partial charge in [0.15, 0.2) is 13.1 Å². The highest BCUT2D eigenvalue weighted by Crippen LogP contribution is 2.96. The molecule has 19 aliphatic carbocycles. The first-order valence-electron chi connectivity index (χ1n) is 37.3. The zero-order valence-electron chi connectivity index (χ0n) is 54.0. The Bertz CT molecular complexity index is 7690. The Morgan fingerprint density at radius 2 is 0.823 bits per heavy atom. The number of carbonyl (C=O) groups excluding carboxylic acids is 2. The van der Waals surface area contributed by atoms with E-state index in [-0.39, 0.29) is 11.9 Å². The highest BCUT2D eigenvalue weighted by molar-refractivity contribution is 6.69. The molecule has 96 heavy (non-hydrogen) atoms. The summed E-state index contributed by atoms with van der Waals surface area (Å²) in [6.07, 6.45) is 12.8. The van der Waals surface area contributed by atoms with Crippen molar-refractivity contribution in [2.75, 3.05) is 81.6 Å². The van der Waals surface area contributed by atoms with Gasteiger partial charge in [0, 0.05) is 12.8 Å². The van der Waals surface area contributed by atoms with Crippen LogP contribution in [0.5, 0.6) is 0 Å². The number of carbonyl (C=O) groups is 2. The molecule has 0 heterocycles. The van der Waals surface area contributed by atoms with E-state index in [4.69, 9.17) is 9.47 Å². The summed E-state index contributed by atoms with van der Waals surface area (Å²) >= 11 is 0. The van der Waals surface area contributed by atoms with E-state index in [9.17, 15) is 0 Å². The van der Waals surface area contributed by atoms with Crippen LogP contribution in [0.2, 0.25) is 0 Å². The van der Waals surface area contributed by atoms with Gasteiger partial charge in [-0.3, -0.25) is 0 Å². The maximum atomic E-state index is 16.4. The summed E-state index contributed by atoms with van der Waals surface area (Å²) in [6.45, 7) is 4.68. The molecule has 19 aliphatic rings. The molecule has 0 fully saturated rings. The van der Waals surface area contributed by atoms with Crippen LogP contribution in [0.3, 0.4) is 0 Å². The Balaban J connectivity index is 0.881. The fourth-order valence-electron chi connectivity index (χ4n) is 32.5. The summed E-state index contributed by atoms with van der Waals surface area (Å²) in [7, 11) is 13.5. The molecule has 17 aromatic rings. The lowest BCUT2D eigenvalue weighted by Gasteiger charge is -2.65. The Kier molecular flexibility index (Phi) is 5.38. The summed E-state index contributed by atoms with van der Waals surface area (Å²) in [5.74, 6) is -0.118. The van der Waals surface area contributed by atoms with Gasteiger partial charge in [-0.15, -0.1) is 0 Å². The number of hydrogen-bond donors (Lipinski definition) is 4. The highest BCUT2D eigenvalue weighted by Gasteiger charge is 2.88. The van der Waals surface area contributed by atoms with Crippen LogP contribution in [-0.4, -0.2) is 106 Å². The molecule has 0 aromatic heterocycles. The zero-order chi connectivity index (χ0) is 60.9. The van der Waals surface area contributed by atoms with Gasteiger partial charge in [0.1, 0.15) is 12.2 Å². The number of ether oxygens (including phenoxy) is 2. The number of fused-ring (bicyclic) bond motifs is 2. The molecule has 36 rings (SSSR count). The van der Waals surface area contributed by atoms with E-state index in [0.717, 1.165) is 77.5 Å². The second-order valence-electron chi connectivity index (χ2n) is 36.1. The van der Waals surface area contributed by atoms with E-state index in [1.54, 1.807) is 224 Å².